The highest BCUT2D eigenvalue weighted by atomic mass is 16.3. The van der Waals surface area contributed by atoms with Crippen LogP contribution in [-0.2, 0) is 0 Å². The number of hydrogen-bond acceptors (Lipinski definition) is 3. The van der Waals surface area contributed by atoms with Gasteiger partial charge in [-0.05, 0) is 31.0 Å². The minimum atomic E-state index is -0.526. The maximum Gasteiger partial charge on any atom is 0.129 e. The molecular weight excluding hydrogens is 236 g/mol. The smallest absolute Gasteiger partial charge is 0.129 e. The van der Waals surface area contributed by atoms with Crippen molar-refractivity contribution in [2.45, 2.75) is 31.3 Å². The van der Waals surface area contributed by atoms with Crippen LogP contribution in [0.4, 0.5) is 5.82 Å². The molecule has 0 spiro atoms. The number of anilines is 1. The van der Waals surface area contributed by atoms with Crippen molar-refractivity contribution in [2.75, 3.05) is 18.5 Å². The highest BCUT2D eigenvalue weighted by molar-refractivity contribution is 5.80. The Balaban J connectivity index is 1.83. The second-order valence-corrected chi connectivity index (χ2v) is 5.65. The molecule has 1 aromatic heterocycles. The van der Waals surface area contributed by atoms with Crippen molar-refractivity contribution < 1.29 is 5.11 Å². The van der Waals surface area contributed by atoms with Crippen LogP contribution in [0.25, 0.3) is 10.9 Å². The Labute approximate surface area is 113 Å². The molecule has 3 rings (SSSR count). The van der Waals surface area contributed by atoms with Crippen LogP contribution in [0.5, 0.6) is 0 Å². The first-order valence-electron chi connectivity index (χ1n) is 6.96. The summed E-state index contributed by atoms with van der Waals surface area (Å²) in [5, 5.41) is 11.6. The number of benzene rings is 1. The molecule has 100 valence electrons. The van der Waals surface area contributed by atoms with Crippen molar-refractivity contribution in [3.8, 4) is 0 Å². The fourth-order valence-electron chi connectivity index (χ4n) is 2.98. The van der Waals surface area contributed by atoms with E-state index in [2.05, 4.69) is 22.0 Å². The van der Waals surface area contributed by atoms with Gasteiger partial charge in [-0.1, -0.05) is 31.0 Å². The average molecular weight is 256 g/mol. The number of hydrogen-bond donors (Lipinski definition) is 1. The van der Waals surface area contributed by atoms with Crippen LogP contribution in [0, 0.1) is 0 Å². The highest BCUT2D eigenvalue weighted by Crippen LogP contribution is 2.31. The van der Waals surface area contributed by atoms with Crippen molar-refractivity contribution in [1.29, 1.82) is 0 Å². The monoisotopic (exact) mass is 256 g/mol. The van der Waals surface area contributed by atoms with Crippen LogP contribution in [0.1, 0.15) is 25.7 Å². The van der Waals surface area contributed by atoms with E-state index in [-0.39, 0.29) is 0 Å². The molecule has 1 aromatic carbocycles. The quantitative estimate of drug-likeness (QED) is 0.917. The summed E-state index contributed by atoms with van der Waals surface area (Å²) in [6, 6.07) is 12.2. The van der Waals surface area contributed by atoms with Crippen LogP contribution >= 0.6 is 0 Å². The van der Waals surface area contributed by atoms with Gasteiger partial charge in [0.25, 0.3) is 0 Å². The lowest BCUT2D eigenvalue weighted by atomic mass is 10.0. The minimum absolute atomic E-state index is 0.526. The van der Waals surface area contributed by atoms with Crippen molar-refractivity contribution in [3.05, 3.63) is 36.4 Å². The van der Waals surface area contributed by atoms with Crippen molar-refractivity contribution >= 4 is 16.7 Å². The number of pyridine rings is 1. The first-order valence-corrected chi connectivity index (χ1v) is 6.96. The predicted molar refractivity (Wildman–Crippen MR) is 78.4 cm³/mol. The normalized spacial score (nSPS) is 17.8. The Hall–Kier alpha value is -1.61. The molecule has 1 fully saturated rings. The van der Waals surface area contributed by atoms with Crippen molar-refractivity contribution in [3.63, 3.8) is 0 Å². The van der Waals surface area contributed by atoms with Gasteiger partial charge in [0.1, 0.15) is 5.82 Å². The van der Waals surface area contributed by atoms with Gasteiger partial charge < -0.3 is 10.0 Å². The van der Waals surface area contributed by atoms with E-state index in [1.807, 2.05) is 31.3 Å². The van der Waals surface area contributed by atoms with Crippen molar-refractivity contribution in [2.24, 2.45) is 0 Å². The Morgan fingerprint density at radius 1 is 1.16 bits per heavy atom. The third-order valence-electron chi connectivity index (χ3n) is 4.04. The number of para-hydroxylation sites is 1. The van der Waals surface area contributed by atoms with Gasteiger partial charge in [-0.3, -0.25) is 0 Å². The van der Waals surface area contributed by atoms with Crippen molar-refractivity contribution in [1.82, 2.24) is 4.98 Å². The molecule has 1 N–H and O–H groups in total. The van der Waals surface area contributed by atoms with Gasteiger partial charge in [-0.15, -0.1) is 0 Å². The van der Waals surface area contributed by atoms with Gasteiger partial charge in [0.2, 0.25) is 0 Å². The van der Waals surface area contributed by atoms with Gasteiger partial charge in [-0.2, -0.15) is 0 Å². The van der Waals surface area contributed by atoms with E-state index >= 15 is 0 Å². The number of aromatic nitrogens is 1. The first kappa shape index (κ1) is 12.4. The lowest BCUT2D eigenvalue weighted by molar-refractivity contribution is 0.0558. The summed E-state index contributed by atoms with van der Waals surface area (Å²) >= 11 is 0. The SMILES string of the molecule is CN(CC1(O)CCCC1)c1ccc2ccccc2n1. The number of nitrogens with zero attached hydrogens (tertiary/aromatic N) is 2. The maximum absolute atomic E-state index is 10.5. The summed E-state index contributed by atoms with van der Waals surface area (Å²) < 4.78 is 0. The van der Waals surface area contributed by atoms with Gasteiger partial charge in [0.05, 0.1) is 11.1 Å². The standard InChI is InChI=1S/C16H20N2O/c1-18(12-16(19)10-4-5-11-16)15-9-8-13-6-2-3-7-14(13)17-15/h2-3,6-9,19H,4-5,10-12H2,1H3. The average Bonchev–Trinajstić information content (AvgIpc) is 2.84. The molecule has 0 aliphatic heterocycles. The molecule has 1 aliphatic rings. The summed E-state index contributed by atoms with van der Waals surface area (Å²) in [4.78, 5) is 6.73. The molecule has 0 unspecified atom stereocenters. The molecule has 1 saturated carbocycles. The second kappa shape index (κ2) is 4.82. The lowest BCUT2D eigenvalue weighted by Crippen LogP contribution is -2.39. The van der Waals surface area contributed by atoms with E-state index in [1.54, 1.807) is 0 Å². The molecule has 3 heteroatoms. The van der Waals surface area contributed by atoms with E-state index in [0.717, 1.165) is 42.4 Å². The summed E-state index contributed by atoms with van der Waals surface area (Å²) in [7, 11) is 2.01. The van der Waals surface area contributed by atoms with Crippen LogP contribution in [0.3, 0.4) is 0 Å². The van der Waals surface area contributed by atoms with E-state index in [0.29, 0.717) is 6.54 Å². The zero-order valence-corrected chi connectivity index (χ0v) is 11.3. The molecule has 1 aliphatic carbocycles. The number of fused-ring (bicyclic) bond motifs is 1. The zero-order chi connectivity index (χ0) is 13.3. The van der Waals surface area contributed by atoms with Gasteiger partial charge in [0.15, 0.2) is 0 Å². The van der Waals surface area contributed by atoms with Gasteiger partial charge in [-0.25, -0.2) is 4.98 Å². The van der Waals surface area contributed by atoms with Crippen LogP contribution < -0.4 is 4.90 Å². The fraction of sp³-hybridized carbons (Fsp3) is 0.438. The molecular formula is C16H20N2O. The molecule has 0 amide bonds. The van der Waals surface area contributed by atoms with Crippen LogP contribution in [-0.4, -0.2) is 29.3 Å². The Kier molecular flexibility index (Phi) is 3.15. The van der Waals surface area contributed by atoms with Crippen LogP contribution in [0.2, 0.25) is 0 Å². The summed E-state index contributed by atoms with van der Waals surface area (Å²) in [5.74, 6) is 0.930. The number of rotatable bonds is 3. The van der Waals surface area contributed by atoms with E-state index in [4.69, 9.17) is 0 Å². The van der Waals surface area contributed by atoms with Gasteiger partial charge in [0, 0.05) is 19.0 Å². The second-order valence-electron chi connectivity index (χ2n) is 5.65. The van der Waals surface area contributed by atoms with E-state index in [1.165, 1.54) is 0 Å². The fourth-order valence-corrected chi connectivity index (χ4v) is 2.98. The molecule has 0 saturated heterocycles. The van der Waals surface area contributed by atoms with E-state index < -0.39 is 5.60 Å². The number of aliphatic hydroxyl groups is 1. The molecule has 1 heterocycles. The molecule has 3 nitrogen and oxygen atoms in total. The summed E-state index contributed by atoms with van der Waals surface area (Å²) in [6.07, 6.45) is 4.08. The van der Waals surface area contributed by atoms with Gasteiger partial charge >= 0.3 is 0 Å². The minimum Gasteiger partial charge on any atom is -0.388 e. The Bertz CT molecular complexity index is 576. The maximum atomic E-state index is 10.5. The highest BCUT2D eigenvalue weighted by Gasteiger charge is 2.32. The molecule has 2 aromatic rings. The Morgan fingerprint density at radius 3 is 2.68 bits per heavy atom. The van der Waals surface area contributed by atoms with Crippen LogP contribution in [0.15, 0.2) is 36.4 Å². The number of likely N-dealkylation sites (N-methyl/N-ethyl adjacent to an activating group) is 1. The lowest BCUT2D eigenvalue weighted by Gasteiger charge is -2.29. The molecule has 0 atom stereocenters. The topological polar surface area (TPSA) is 36.4 Å². The zero-order valence-electron chi connectivity index (χ0n) is 11.3. The molecule has 19 heavy (non-hydrogen) atoms. The van der Waals surface area contributed by atoms with E-state index in [9.17, 15) is 5.11 Å². The largest absolute Gasteiger partial charge is 0.388 e. The molecule has 0 radical (unpaired) electrons. The molecule has 0 bridgehead atoms. The summed E-state index contributed by atoms with van der Waals surface area (Å²) in [5.41, 5.74) is 0.479. The third-order valence-corrected chi connectivity index (χ3v) is 4.04. The first-order chi connectivity index (χ1) is 9.16. The third kappa shape index (κ3) is 2.56. The summed E-state index contributed by atoms with van der Waals surface area (Å²) in [6.45, 7) is 0.665. The Morgan fingerprint density at radius 2 is 1.89 bits per heavy atom. The predicted octanol–water partition coefficient (Wildman–Crippen LogP) is 2.98.